The maximum atomic E-state index is 13.6. The van der Waals surface area contributed by atoms with Gasteiger partial charge in [0.15, 0.2) is 0 Å². The molecular formula is C23H24F3NO2. The van der Waals surface area contributed by atoms with Crippen LogP contribution in [0.25, 0.3) is 5.57 Å². The topological polar surface area (TPSA) is 40.5 Å². The van der Waals surface area contributed by atoms with E-state index in [0.29, 0.717) is 31.5 Å². The van der Waals surface area contributed by atoms with Crippen molar-refractivity contribution in [3.05, 3.63) is 77.4 Å². The summed E-state index contributed by atoms with van der Waals surface area (Å²) in [4.78, 5) is 13.3. The van der Waals surface area contributed by atoms with E-state index in [4.69, 9.17) is 0 Å². The zero-order valence-electron chi connectivity index (χ0n) is 16.0. The molecule has 3 nitrogen and oxygen atoms in total. The van der Waals surface area contributed by atoms with E-state index in [1.54, 1.807) is 18.2 Å². The van der Waals surface area contributed by atoms with Crippen molar-refractivity contribution in [3.63, 3.8) is 0 Å². The molecule has 1 saturated heterocycles. The number of carbonyl (C=O) groups is 1. The average Bonchev–Trinajstić information content (AvgIpc) is 2.71. The van der Waals surface area contributed by atoms with Crippen LogP contribution in [0.4, 0.5) is 13.2 Å². The standard InChI is InChI=1S/C23H24F3NO2/c24-23(25,26)21-13-5-4-11-20(21)19(17-8-2-1-3-9-17)12-7-15-27-14-6-10-18(16-27)22(28)29/h1-5,8-9,11-13,18H,6-7,10,14-16H2,(H,28,29)/b19-12-/t18-/m1/s1. The lowest BCUT2D eigenvalue weighted by atomic mass is 9.92. The van der Waals surface area contributed by atoms with Crippen molar-refractivity contribution in [2.75, 3.05) is 19.6 Å². The highest BCUT2D eigenvalue weighted by molar-refractivity contribution is 5.81. The largest absolute Gasteiger partial charge is 0.481 e. The van der Waals surface area contributed by atoms with E-state index < -0.39 is 17.7 Å². The molecule has 1 aliphatic rings. The molecule has 29 heavy (non-hydrogen) atoms. The van der Waals surface area contributed by atoms with Gasteiger partial charge in [-0.3, -0.25) is 4.79 Å². The van der Waals surface area contributed by atoms with Crippen molar-refractivity contribution >= 4 is 11.5 Å². The number of halogens is 3. The number of carboxylic acids is 1. The molecule has 0 amide bonds. The summed E-state index contributed by atoms with van der Waals surface area (Å²) in [5.74, 6) is -1.15. The molecule has 2 aromatic rings. The number of rotatable bonds is 6. The second kappa shape index (κ2) is 9.27. The summed E-state index contributed by atoms with van der Waals surface area (Å²) in [5.41, 5.74) is 0.781. The Labute approximate surface area is 168 Å². The maximum Gasteiger partial charge on any atom is 0.417 e. The molecule has 154 valence electrons. The van der Waals surface area contributed by atoms with Gasteiger partial charge in [-0.25, -0.2) is 0 Å². The molecule has 1 fully saturated rings. The van der Waals surface area contributed by atoms with Gasteiger partial charge in [0.25, 0.3) is 0 Å². The van der Waals surface area contributed by atoms with Gasteiger partial charge in [-0.2, -0.15) is 13.2 Å². The smallest absolute Gasteiger partial charge is 0.417 e. The molecular weight excluding hydrogens is 379 g/mol. The number of hydrogen-bond donors (Lipinski definition) is 1. The van der Waals surface area contributed by atoms with Crippen molar-refractivity contribution in [2.24, 2.45) is 5.92 Å². The lowest BCUT2D eigenvalue weighted by molar-refractivity contribution is -0.143. The maximum absolute atomic E-state index is 13.6. The van der Waals surface area contributed by atoms with E-state index in [1.807, 2.05) is 24.3 Å². The van der Waals surface area contributed by atoms with Crippen LogP contribution in [-0.4, -0.2) is 35.6 Å². The molecule has 3 rings (SSSR count). The van der Waals surface area contributed by atoms with Crippen LogP contribution >= 0.6 is 0 Å². The fraction of sp³-hybridized carbons (Fsp3) is 0.348. The minimum atomic E-state index is -4.44. The number of alkyl halides is 3. The van der Waals surface area contributed by atoms with Gasteiger partial charge >= 0.3 is 12.1 Å². The van der Waals surface area contributed by atoms with Gasteiger partial charge in [0.2, 0.25) is 0 Å². The number of hydrogen-bond acceptors (Lipinski definition) is 2. The minimum absolute atomic E-state index is 0.160. The lowest BCUT2D eigenvalue weighted by Crippen LogP contribution is -2.39. The third kappa shape index (κ3) is 5.48. The zero-order chi connectivity index (χ0) is 20.9. The van der Waals surface area contributed by atoms with E-state index >= 15 is 0 Å². The van der Waals surface area contributed by atoms with E-state index in [2.05, 4.69) is 4.90 Å². The van der Waals surface area contributed by atoms with Gasteiger partial charge in [0.05, 0.1) is 11.5 Å². The third-order valence-corrected chi connectivity index (χ3v) is 5.26. The molecule has 0 radical (unpaired) electrons. The van der Waals surface area contributed by atoms with Gasteiger partial charge in [-0.15, -0.1) is 0 Å². The van der Waals surface area contributed by atoms with Crippen LogP contribution in [0.5, 0.6) is 0 Å². The van der Waals surface area contributed by atoms with Crippen LogP contribution in [-0.2, 0) is 11.0 Å². The highest BCUT2D eigenvalue weighted by Crippen LogP contribution is 2.37. The Morgan fingerprint density at radius 3 is 2.48 bits per heavy atom. The predicted octanol–water partition coefficient (Wildman–Crippen LogP) is 5.32. The van der Waals surface area contributed by atoms with Crippen molar-refractivity contribution in [1.29, 1.82) is 0 Å². The van der Waals surface area contributed by atoms with Gasteiger partial charge in [-0.1, -0.05) is 54.6 Å². The van der Waals surface area contributed by atoms with Gasteiger partial charge in [-0.05, 0) is 48.6 Å². The van der Waals surface area contributed by atoms with Crippen LogP contribution in [0.1, 0.15) is 36.0 Å². The second-order valence-corrected chi connectivity index (χ2v) is 7.29. The Hall–Kier alpha value is -2.60. The second-order valence-electron chi connectivity index (χ2n) is 7.29. The van der Waals surface area contributed by atoms with E-state index in [1.165, 1.54) is 12.1 Å². The first-order valence-electron chi connectivity index (χ1n) is 9.73. The Balaban J connectivity index is 1.85. The van der Waals surface area contributed by atoms with E-state index in [-0.39, 0.29) is 11.5 Å². The summed E-state index contributed by atoms with van der Waals surface area (Å²) in [7, 11) is 0. The van der Waals surface area contributed by atoms with Crippen LogP contribution in [0, 0.1) is 5.92 Å². The SMILES string of the molecule is O=C(O)[C@@H]1CCCN(CC/C=C(/c2ccccc2)c2ccccc2C(F)(F)F)C1. The Kier molecular flexibility index (Phi) is 6.75. The zero-order valence-corrected chi connectivity index (χ0v) is 16.0. The number of likely N-dealkylation sites (tertiary alicyclic amines) is 1. The third-order valence-electron chi connectivity index (χ3n) is 5.26. The van der Waals surface area contributed by atoms with Crippen LogP contribution < -0.4 is 0 Å². The number of aliphatic carboxylic acids is 1. The number of piperidine rings is 1. The van der Waals surface area contributed by atoms with E-state index in [9.17, 15) is 23.1 Å². The summed E-state index contributed by atoms with van der Waals surface area (Å²) in [6, 6.07) is 14.7. The van der Waals surface area contributed by atoms with Crippen molar-refractivity contribution in [1.82, 2.24) is 4.90 Å². The van der Waals surface area contributed by atoms with Crippen molar-refractivity contribution in [3.8, 4) is 0 Å². The average molecular weight is 403 g/mol. The molecule has 6 heteroatoms. The van der Waals surface area contributed by atoms with Crippen LogP contribution in [0.2, 0.25) is 0 Å². The number of nitrogens with zero attached hydrogens (tertiary/aromatic N) is 1. The van der Waals surface area contributed by atoms with E-state index in [0.717, 1.165) is 24.6 Å². The van der Waals surface area contributed by atoms with Gasteiger partial charge in [0, 0.05) is 13.1 Å². The summed E-state index contributed by atoms with van der Waals surface area (Å²) >= 11 is 0. The normalized spacial score (nSPS) is 18.6. The molecule has 0 saturated carbocycles. The van der Waals surface area contributed by atoms with Crippen molar-refractivity contribution < 1.29 is 23.1 Å². The lowest BCUT2D eigenvalue weighted by Gasteiger charge is -2.30. The Morgan fingerprint density at radius 1 is 1.10 bits per heavy atom. The molecule has 1 heterocycles. The molecule has 0 spiro atoms. The molecule has 2 aromatic carbocycles. The Bertz CT molecular complexity index is 862. The first kappa shape index (κ1) is 21.1. The quantitative estimate of drug-likeness (QED) is 0.709. The number of benzene rings is 2. The fourth-order valence-electron chi connectivity index (χ4n) is 3.82. The Morgan fingerprint density at radius 2 is 1.79 bits per heavy atom. The summed E-state index contributed by atoms with van der Waals surface area (Å²) in [6.45, 7) is 1.93. The summed E-state index contributed by atoms with van der Waals surface area (Å²) in [6.07, 6.45) is -0.557. The minimum Gasteiger partial charge on any atom is -0.481 e. The highest BCUT2D eigenvalue weighted by Gasteiger charge is 2.34. The molecule has 1 atom stereocenters. The van der Waals surface area contributed by atoms with Gasteiger partial charge in [0.1, 0.15) is 0 Å². The molecule has 0 aromatic heterocycles. The summed E-state index contributed by atoms with van der Waals surface area (Å²) in [5, 5.41) is 9.23. The monoisotopic (exact) mass is 403 g/mol. The first-order chi connectivity index (χ1) is 13.9. The highest BCUT2D eigenvalue weighted by atomic mass is 19.4. The molecule has 1 N–H and O–H groups in total. The van der Waals surface area contributed by atoms with Gasteiger partial charge < -0.3 is 10.0 Å². The van der Waals surface area contributed by atoms with Crippen LogP contribution in [0.15, 0.2) is 60.7 Å². The molecule has 0 unspecified atom stereocenters. The molecule has 0 aliphatic carbocycles. The molecule has 1 aliphatic heterocycles. The first-order valence-corrected chi connectivity index (χ1v) is 9.73. The summed E-state index contributed by atoms with van der Waals surface area (Å²) < 4.78 is 40.7. The van der Waals surface area contributed by atoms with Crippen molar-refractivity contribution in [2.45, 2.75) is 25.4 Å². The fourth-order valence-corrected chi connectivity index (χ4v) is 3.82. The predicted molar refractivity (Wildman–Crippen MR) is 106 cm³/mol. The molecule has 0 bridgehead atoms. The number of carboxylic acid groups (broad SMARTS) is 1. The van der Waals surface area contributed by atoms with Crippen LogP contribution in [0.3, 0.4) is 0 Å².